The number of benzene rings is 5. The van der Waals surface area contributed by atoms with Gasteiger partial charge >= 0.3 is 6.09 Å². The molecule has 2 N–H and O–H groups in total. The van der Waals surface area contributed by atoms with Gasteiger partial charge in [0.1, 0.15) is 17.3 Å². The fraction of sp³-hybridized carbons (Fsp3) is 0.167. The number of ether oxygens (including phenoxy) is 1. The van der Waals surface area contributed by atoms with Crippen LogP contribution >= 0.6 is 0 Å². The van der Waals surface area contributed by atoms with Crippen molar-refractivity contribution in [2.45, 2.75) is 24.8 Å². The van der Waals surface area contributed by atoms with Gasteiger partial charge in [-0.1, -0.05) is 78.9 Å². The van der Waals surface area contributed by atoms with Crippen LogP contribution in [0.1, 0.15) is 24.0 Å². The highest BCUT2D eigenvalue weighted by molar-refractivity contribution is 5.89. The number of nitrogens with one attached hydrogen (secondary N) is 1. The quantitative estimate of drug-likeness (QED) is 0.225. The van der Waals surface area contributed by atoms with Crippen LogP contribution in [0.2, 0.25) is 0 Å². The van der Waals surface area contributed by atoms with Gasteiger partial charge in [0, 0.05) is 19.6 Å². The molecule has 216 valence electrons. The maximum absolute atomic E-state index is 13.8. The number of carbonyl (C=O) groups is 2. The van der Waals surface area contributed by atoms with E-state index in [0.717, 1.165) is 27.5 Å². The number of aromatic hydroxyl groups is 1. The number of halogens is 1. The molecule has 1 aliphatic heterocycles. The van der Waals surface area contributed by atoms with Crippen LogP contribution in [0, 0.1) is 5.82 Å². The molecule has 5 aromatic carbocycles. The average Bonchev–Trinajstić information content (AvgIpc) is 3.04. The van der Waals surface area contributed by atoms with Crippen LogP contribution in [0.15, 0.2) is 115 Å². The van der Waals surface area contributed by atoms with Crippen LogP contribution in [0.4, 0.5) is 9.18 Å². The number of likely N-dealkylation sites (tertiary alicyclic amines) is 1. The Bertz CT molecular complexity index is 1750. The number of phenols is 1. The molecule has 0 radical (unpaired) electrons. The molecular formula is C36H31FN2O4. The number of rotatable bonds is 6. The first kappa shape index (κ1) is 28.0. The molecule has 1 aliphatic rings. The zero-order valence-corrected chi connectivity index (χ0v) is 23.5. The Morgan fingerprint density at radius 2 is 1.47 bits per heavy atom. The summed E-state index contributed by atoms with van der Waals surface area (Å²) in [4.78, 5) is 28.5. The zero-order chi connectivity index (χ0) is 29.8. The lowest BCUT2D eigenvalue weighted by Gasteiger charge is -2.40. The molecule has 1 saturated heterocycles. The third-order valence-electron chi connectivity index (χ3n) is 8.22. The number of hydrogen-bond donors (Lipinski definition) is 2. The average molecular weight is 575 g/mol. The molecule has 7 heteroatoms. The first-order chi connectivity index (χ1) is 20.9. The number of nitrogens with zero attached hydrogens (tertiary/aromatic N) is 1. The number of amides is 2. The minimum Gasteiger partial charge on any atom is -0.508 e. The van der Waals surface area contributed by atoms with Crippen LogP contribution in [-0.2, 0) is 16.8 Å². The van der Waals surface area contributed by atoms with E-state index < -0.39 is 11.5 Å². The van der Waals surface area contributed by atoms with Gasteiger partial charge in [-0.2, -0.15) is 0 Å². The van der Waals surface area contributed by atoms with Crippen LogP contribution in [0.5, 0.6) is 11.5 Å². The van der Waals surface area contributed by atoms with Crippen LogP contribution in [-0.4, -0.2) is 35.1 Å². The van der Waals surface area contributed by atoms with E-state index in [-0.39, 0.29) is 17.5 Å². The lowest BCUT2D eigenvalue weighted by molar-refractivity contribution is -0.128. The maximum atomic E-state index is 13.8. The van der Waals surface area contributed by atoms with Crippen molar-refractivity contribution in [3.63, 3.8) is 0 Å². The normalized spacial score (nSPS) is 14.3. The molecule has 0 aliphatic carbocycles. The largest absolute Gasteiger partial charge is 0.508 e. The molecule has 0 aromatic heterocycles. The molecule has 43 heavy (non-hydrogen) atoms. The van der Waals surface area contributed by atoms with Crippen molar-refractivity contribution >= 4 is 22.8 Å². The van der Waals surface area contributed by atoms with Gasteiger partial charge in [-0.15, -0.1) is 0 Å². The maximum Gasteiger partial charge on any atom is 0.415 e. The Hall–Kier alpha value is -5.17. The molecule has 0 bridgehead atoms. The number of fused-ring (bicyclic) bond motifs is 1. The molecule has 6 rings (SSSR count). The second-order valence-electron chi connectivity index (χ2n) is 10.9. The molecule has 0 saturated carbocycles. The Balaban J connectivity index is 1.14. The Labute approximate surface area is 249 Å². The molecule has 5 aromatic rings. The van der Waals surface area contributed by atoms with Crippen molar-refractivity contribution < 1.29 is 23.8 Å². The van der Waals surface area contributed by atoms with Crippen molar-refractivity contribution in [3.8, 4) is 22.6 Å². The van der Waals surface area contributed by atoms with Crippen molar-refractivity contribution in [2.75, 3.05) is 13.1 Å². The van der Waals surface area contributed by atoms with Gasteiger partial charge in [0.15, 0.2) is 0 Å². The van der Waals surface area contributed by atoms with E-state index in [1.54, 1.807) is 47.4 Å². The summed E-state index contributed by atoms with van der Waals surface area (Å²) in [5.41, 5.74) is 2.98. The van der Waals surface area contributed by atoms with Crippen LogP contribution in [0.3, 0.4) is 0 Å². The standard InChI is InChI=1S/C36H31FN2O4/c37-31-14-12-30(13-15-31)36(34(41)38-24-25-6-8-27(9-7-25)26-4-2-1-3-5-26)18-20-39(21-19-36)35(42)43-33-17-11-28-10-16-32(40)22-29(28)23-33/h1-17,22-23,40H,18-21,24H2,(H,38,41). The minimum atomic E-state index is -0.922. The van der Waals surface area contributed by atoms with Crippen LogP contribution < -0.4 is 10.1 Å². The Kier molecular flexibility index (Phi) is 7.79. The predicted octanol–water partition coefficient (Wildman–Crippen LogP) is 7.20. The second kappa shape index (κ2) is 12.0. The third kappa shape index (κ3) is 6.06. The van der Waals surface area contributed by atoms with Crippen molar-refractivity contribution in [3.05, 3.63) is 132 Å². The van der Waals surface area contributed by atoms with E-state index in [1.165, 1.54) is 12.1 Å². The summed E-state index contributed by atoms with van der Waals surface area (Å²) in [6, 6.07) is 34.5. The van der Waals surface area contributed by atoms with E-state index in [1.807, 2.05) is 48.5 Å². The van der Waals surface area contributed by atoms with E-state index >= 15 is 0 Å². The van der Waals surface area contributed by atoms with E-state index in [9.17, 15) is 19.1 Å². The van der Waals surface area contributed by atoms with Crippen molar-refractivity contribution in [1.29, 1.82) is 0 Å². The Morgan fingerprint density at radius 3 is 2.19 bits per heavy atom. The summed E-state index contributed by atoms with van der Waals surface area (Å²) in [7, 11) is 0. The lowest BCUT2D eigenvalue weighted by Crippen LogP contribution is -2.53. The smallest absolute Gasteiger partial charge is 0.415 e. The summed E-state index contributed by atoms with van der Waals surface area (Å²) >= 11 is 0. The summed E-state index contributed by atoms with van der Waals surface area (Å²) in [5, 5.41) is 14.6. The molecule has 0 atom stereocenters. The molecule has 2 amide bonds. The van der Waals surface area contributed by atoms with Crippen molar-refractivity contribution in [1.82, 2.24) is 10.2 Å². The van der Waals surface area contributed by atoms with E-state index in [0.29, 0.717) is 43.8 Å². The van der Waals surface area contributed by atoms with Gasteiger partial charge in [0.25, 0.3) is 0 Å². The molecule has 1 fully saturated rings. The van der Waals surface area contributed by atoms with E-state index in [4.69, 9.17) is 4.74 Å². The van der Waals surface area contributed by atoms with Gasteiger partial charge in [0.05, 0.1) is 5.41 Å². The highest BCUT2D eigenvalue weighted by Gasteiger charge is 2.44. The minimum absolute atomic E-state index is 0.131. The molecule has 0 spiro atoms. The Morgan fingerprint density at radius 1 is 0.791 bits per heavy atom. The summed E-state index contributed by atoms with van der Waals surface area (Å²) in [5.74, 6) is -0.0303. The summed E-state index contributed by atoms with van der Waals surface area (Å²) in [6.45, 7) is 0.938. The topological polar surface area (TPSA) is 78.9 Å². The first-order valence-electron chi connectivity index (χ1n) is 14.3. The number of phenolic OH excluding ortho intramolecular Hbond substituents is 1. The summed E-state index contributed by atoms with van der Waals surface area (Å²) in [6.07, 6.45) is 0.210. The fourth-order valence-corrected chi connectivity index (χ4v) is 5.73. The van der Waals surface area contributed by atoms with E-state index in [2.05, 4.69) is 17.4 Å². The SMILES string of the molecule is O=C(Oc1ccc2ccc(O)cc2c1)N1CCC(C(=O)NCc2ccc(-c3ccccc3)cc2)(c2ccc(F)cc2)CC1. The molecular weight excluding hydrogens is 543 g/mol. The van der Waals surface area contributed by atoms with Gasteiger partial charge in [-0.05, 0) is 82.3 Å². The lowest BCUT2D eigenvalue weighted by atomic mass is 9.72. The third-order valence-corrected chi connectivity index (χ3v) is 8.22. The number of carbonyl (C=O) groups excluding carboxylic acids is 2. The highest BCUT2D eigenvalue weighted by atomic mass is 19.1. The monoisotopic (exact) mass is 574 g/mol. The number of piperidine rings is 1. The first-order valence-corrected chi connectivity index (χ1v) is 14.3. The van der Waals surface area contributed by atoms with Gasteiger partial charge < -0.3 is 20.1 Å². The highest BCUT2D eigenvalue weighted by Crippen LogP contribution is 2.37. The van der Waals surface area contributed by atoms with Crippen LogP contribution in [0.25, 0.3) is 21.9 Å². The summed E-state index contributed by atoms with van der Waals surface area (Å²) < 4.78 is 19.5. The number of hydrogen-bond acceptors (Lipinski definition) is 4. The molecule has 1 heterocycles. The predicted molar refractivity (Wildman–Crippen MR) is 164 cm³/mol. The molecule has 0 unspecified atom stereocenters. The van der Waals surface area contributed by atoms with Gasteiger partial charge in [-0.3, -0.25) is 4.79 Å². The van der Waals surface area contributed by atoms with Gasteiger partial charge in [-0.25, -0.2) is 9.18 Å². The van der Waals surface area contributed by atoms with Gasteiger partial charge in [0.2, 0.25) is 5.91 Å². The molecule has 6 nitrogen and oxygen atoms in total. The fourth-order valence-electron chi connectivity index (χ4n) is 5.73. The second-order valence-corrected chi connectivity index (χ2v) is 10.9. The zero-order valence-electron chi connectivity index (χ0n) is 23.5. The van der Waals surface area contributed by atoms with Crippen molar-refractivity contribution in [2.24, 2.45) is 0 Å².